The summed E-state index contributed by atoms with van der Waals surface area (Å²) < 4.78 is 2.07. The Balaban J connectivity index is 2.01. The summed E-state index contributed by atoms with van der Waals surface area (Å²) in [6.07, 6.45) is 9.94. The number of hydrogen-bond donors (Lipinski definition) is 1. The predicted octanol–water partition coefficient (Wildman–Crippen LogP) is 2.83. The van der Waals surface area contributed by atoms with E-state index in [0.717, 1.165) is 19.3 Å². The molecule has 94 valence electrons. The molecule has 0 bridgehead atoms. The Hall–Kier alpha value is -1.09. The van der Waals surface area contributed by atoms with E-state index in [1.807, 2.05) is 0 Å². The number of rotatable bonds is 4. The molecule has 0 radical (unpaired) electrons. The van der Waals surface area contributed by atoms with Crippen LogP contribution in [0.4, 0.5) is 0 Å². The smallest absolute Gasteiger partial charge is 0.0665 e. The van der Waals surface area contributed by atoms with E-state index in [9.17, 15) is 0 Å². The van der Waals surface area contributed by atoms with Gasteiger partial charge in [-0.15, -0.1) is 0 Å². The Bertz CT molecular complexity index is 392. The number of nitrogens with zero attached hydrogens (tertiary/aromatic N) is 2. The summed E-state index contributed by atoms with van der Waals surface area (Å²) in [5, 5.41) is 4.64. The first kappa shape index (κ1) is 12.4. The molecule has 0 fully saturated rings. The van der Waals surface area contributed by atoms with E-state index < -0.39 is 0 Å². The molecule has 0 aliphatic heterocycles. The fraction of sp³-hybridized carbons (Fsp3) is 0.643. The molecule has 0 spiro atoms. The first-order valence-corrected chi connectivity index (χ1v) is 6.68. The molecule has 0 saturated heterocycles. The van der Waals surface area contributed by atoms with Crippen LogP contribution in [0.15, 0.2) is 23.9 Å². The van der Waals surface area contributed by atoms with Gasteiger partial charge in [0, 0.05) is 24.7 Å². The van der Waals surface area contributed by atoms with Crippen molar-refractivity contribution in [3.8, 4) is 0 Å². The highest BCUT2D eigenvalue weighted by atomic mass is 15.3. The quantitative estimate of drug-likeness (QED) is 0.813. The molecule has 0 saturated carbocycles. The van der Waals surface area contributed by atoms with Gasteiger partial charge in [0.05, 0.1) is 5.69 Å². The zero-order valence-corrected chi connectivity index (χ0v) is 10.9. The van der Waals surface area contributed by atoms with Gasteiger partial charge >= 0.3 is 0 Å². The second kappa shape index (κ2) is 5.50. The summed E-state index contributed by atoms with van der Waals surface area (Å²) in [5.41, 5.74) is 8.58. The Morgan fingerprint density at radius 1 is 1.59 bits per heavy atom. The van der Waals surface area contributed by atoms with Gasteiger partial charge in [-0.3, -0.25) is 4.68 Å². The normalized spacial score (nSPS) is 22.3. The Morgan fingerprint density at radius 3 is 3.12 bits per heavy atom. The first-order chi connectivity index (χ1) is 8.19. The van der Waals surface area contributed by atoms with Crippen LogP contribution in [0, 0.1) is 0 Å². The van der Waals surface area contributed by atoms with Gasteiger partial charge in [-0.2, -0.15) is 5.10 Å². The molecule has 1 aromatic rings. The van der Waals surface area contributed by atoms with Crippen molar-refractivity contribution in [2.24, 2.45) is 5.73 Å². The topological polar surface area (TPSA) is 43.8 Å². The van der Waals surface area contributed by atoms with Crippen LogP contribution in [-0.4, -0.2) is 15.8 Å². The van der Waals surface area contributed by atoms with Crippen LogP contribution in [0.5, 0.6) is 0 Å². The van der Waals surface area contributed by atoms with Crippen molar-refractivity contribution in [3.05, 3.63) is 29.6 Å². The molecular weight excluding hydrogens is 210 g/mol. The highest BCUT2D eigenvalue weighted by molar-refractivity contribution is 5.17. The lowest BCUT2D eigenvalue weighted by atomic mass is 9.93. The minimum atomic E-state index is 0.260. The molecule has 2 N–H and O–H groups in total. The van der Waals surface area contributed by atoms with Gasteiger partial charge in [-0.1, -0.05) is 18.6 Å². The van der Waals surface area contributed by atoms with E-state index in [0.29, 0.717) is 6.04 Å². The van der Waals surface area contributed by atoms with Crippen LogP contribution in [-0.2, 0) is 6.42 Å². The van der Waals surface area contributed by atoms with Crippen molar-refractivity contribution in [2.75, 3.05) is 0 Å². The van der Waals surface area contributed by atoms with Crippen LogP contribution < -0.4 is 5.73 Å². The van der Waals surface area contributed by atoms with Gasteiger partial charge in [0.2, 0.25) is 0 Å². The number of hydrogen-bond acceptors (Lipinski definition) is 2. The lowest BCUT2D eigenvalue weighted by Gasteiger charge is -2.17. The first-order valence-electron chi connectivity index (χ1n) is 6.68. The van der Waals surface area contributed by atoms with Gasteiger partial charge in [0.1, 0.15) is 0 Å². The predicted molar refractivity (Wildman–Crippen MR) is 70.8 cm³/mol. The SMILES string of the molecule is CCC(C)n1ccc(CC2=CC(N)CCC2)n1. The number of nitrogens with two attached hydrogens (primary N) is 1. The summed E-state index contributed by atoms with van der Waals surface area (Å²) in [6.45, 7) is 4.39. The maximum Gasteiger partial charge on any atom is 0.0665 e. The molecule has 1 aliphatic carbocycles. The molecule has 2 rings (SSSR count). The van der Waals surface area contributed by atoms with Crippen LogP contribution in [0.2, 0.25) is 0 Å². The molecule has 1 heterocycles. The van der Waals surface area contributed by atoms with Crippen LogP contribution in [0.1, 0.15) is 51.3 Å². The fourth-order valence-electron chi connectivity index (χ4n) is 2.32. The third-order valence-corrected chi connectivity index (χ3v) is 3.60. The largest absolute Gasteiger partial charge is 0.324 e. The summed E-state index contributed by atoms with van der Waals surface area (Å²) in [7, 11) is 0. The van der Waals surface area contributed by atoms with Crippen molar-refractivity contribution < 1.29 is 0 Å². The second-order valence-corrected chi connectivity index (χ2v) is 5.10. The lowest BCUT2D eigenvalue weighted by Crippen LogP contribution is -2.20. The van der Waals surface area contributed by atoms with Crippen molar-refractivity contribution in [3.63, 3.8) is 0 Å². The van der Waals surface area contributed by atoms with Gasteiger partial charge in [-0.25, -0.2) is 0 Å². The monoisotopic (exact) mass is 233 g/mol. The molecule has 2 atom stereocenters. The molecule has 2 unspecified atom stereocenters. The molecular formula is C14H23N3. The van der Waals surface area contributed by atoms with E-state index in [1.54, 1.807) is 0 Å². The summed E-state index contributed by atoms with van der Waals surface area (Å²) in [4.78, 5) is 0. The third-order valence-electron chi connectivity index (χ3n) is 3.60. The molecule has 17 heavy (non-hydrogen) atoms. The lowest BCUT2D eigenvalue weighted by molar-refractivity contribution is 0.474. The minimum Gasteiger partial charge on any atom is -0.324 e. The molecule has 3 nitrogen and oxygen atoms in total. The highest BCUT2D eigenvalue weighted by Gasteiger charge is 2.12. The van der Waals surface area contributed by atoms with E-state index in [1.165, 1.54) is 24.1 Å². The average Bonchev–Trinajstić information content (AvgIpc) is 2.76. The van der Waals surface area contributed by atoms with Gasteiger partial charge in [0.25, 0.3) is 0 Å². The van der Waals surface area contributed by atoms with Gasteiger partial charge in [-0.05, 0) is 38.7 Å². The van der Waals surface area contributed by atoms with Crippen molar-refractivity contribution in [1.82, 2.24) is 9.78 Å². The zero-order valence-electron chi connectivity index (χ0n) is 10.9. The average molecular weight is 233 g/mol. The number of aromatic nitrogens is 2. The highest BCUT2D eigenvalue weighted by Crippen LogP contribution is 2.20. The van der Waals surface area contributed by atoms with Crippen molar-refractivity contribution in [2.45, 2.75) is 58.0 Å². The zero-order chi connectivity index (χ0) is 12.3. The fourth-order valence-corrected chi connectivity index (χ4v) is 2.32. The van der Waals surface area contributed by atoms with Crippen LogP contribution in [0.3, 0.4) is 0 Å². The van der Waals surface area contributed by atoms with Crippen LogP contribution >= 0.6 is 0 Å². The minimum absolute atomic E-state index is 0.260. The maximum absolute atomic E-state index is 5.95. The Kier molecular flexibility index (Phi) is 4.00. The maximum atomic E-state index is 5.95. The van der Waals surface area contributed by atoms with Crippen molar-refractivity contribution >= 4 is 0 Å². The summed E-state index contributed by atoms with van der Waals surface area (Å²) in [6, 6.07) is 2.88. The Labute approximate surface area is 104 Å². The molecule has 3 heteroatoms. The third kappa shape index (κ3) is 3.19. The van der Waals surface area contributed by atoms with Crippen molar-refractivity contribution in [1.29, 1.82) is 0 Å². The molecule has 0 aromatic carbocycles. The number of allylic oxidation sites excluding steroid dienone is 1. The Morgan fingerprint density at radius 2 is 2.41 bits per heavy atom. The van der Waals surface area contributed by atoms with Crippen LogP contribution in [0.25, 0.3) is 0 Å². The van der Waals surface area contributed by atoms with Gasteiger partial charge in [0.15, 0.2) is 0 Å². The van der Waals surface area contributed by atoms with Gasteiger partial charge < -0.3 is 5.73 Å². The van der Waals surface area contributed by atoms with E-state index >= 15 is 0 Å². The van der Waals surface area contributed by atoms with E-state index in [2.05, 4.69) is 42.0 Å². The standard InChI is InChI=1S/C14H23N3/c1-3-11(2)17-8-7-14(16-17)10-12-5-4-6-13(15)9-12/h7-9,11,13H,3-6,10,15H2,1-2H3. The second-order valence-electron chi connectivity index (χ2n) is 5.10. The van der Waals surface area contributed by atoms with E-state index in [4.69, 9.17) is 5.73 Å². The van der Waals surface area contributed by atoms with E-state index in [-0.39, 0.29) is 6.04 Å². The summed E-state index contributed by atoms with van der Waals surface area (Å²) >= 11 is 0. The molecule has 0 amide bonds. The molecule has 1 aliphatic rings. The summed E-state index contributed by atoms with van der Waals surface area (Å²) in [5.74, 6) is 0. The molecule has 1 aromatic heterocycles.